The van der Waals surface area contributed by atoms with Crippen LogP contribution < -0.4 is 10.1 Å². The summed E-state index contributed by atoms with van der Waals surface area (Å²) in [6.07, 6.45) is 1.90. The highest BCUT2D eigenvalue weighted by Crippen LogP contribution is 2.35. The van der Waals surface area contributed by atoms with Gasteiger partial charge in [0.25, 0.3) is 0 Å². The lowest BCUT2D eigenvalue weighted by molar-refractivity contribution is -0.132. The lowest BCUT2D eigenvalue weighted by atomic mass is 9.92. The zero-order valence-corrected chi connectivity index (χ0v) is 13.5. The fourth-order valence-corrected chi connectivity index (χ4v) is 4.11. The van der Waals surface area contributed by atoms with Crippen LogP contribution in [0.15, 0.2) is 24.3 Å². The first-order valence-electron chi connectivity index (χ1n) is 8.78. The number of hydrogen-bond acceptors (Lipinski definition) is 4. The van der Waals surface area contributed by atoms with Gasteiger partial charge in [-0.15, -0.1) is 0 Å². The molecule has 4 rings (SSSR count). The number of rotatable bonds is 2. The van der Waals surface area contributed by atoms with Crippen LogP contribution in [0.3, 0.4) is 0 Å². The van der Waals surface area contributed by atoms with Gasteiger partial charge < -0.3 is 15.0 Å². The molecule has 0 radical (unpaired) electrons. The minimum absolute atomic E-state index is 0.0262. The van der Waals surface area contributed by atoms with E-state index in [1.807, 2.05) is 24.3 Å². The number of nitrogens with zero attached hydrogens (tertiary/aromatic N) is 2. The molecule has 2 fully saturated rings. The van der Waals surface area contributed by atoms with Crippen molar-refractivity contribution >= 4 is 5.91 Å². The van der Waals surface area contributed by atoms with Crippen molar-refractivity contribution in [3.8, 4) is 5.75 Å². The summed E-state index contributed by atoms with van der Waals surface area (Å²) >= 11 is 0. The third-order valence-corrected chi connectivity index (χ3v) is 5.40. The van der Waals surface area contributed by atoms with Crippen LogP contribution in [0.5, 0.6) is 5.75 Å². The number of benzene rings is 1. The molecule has 23 heavy (non-hydrogen) atoms. The van der Waals surface area contributed by atoms with E-state index in [0.29, 0.717) is 18.6 Å². The highest BCUT2D eigenvalue weighted by atomic mass is 16.5. The van der Waals surface area contributed by atoms with Gasteiger partial charge in [0.2, 0.25) is 5.91 Å². The van der Waals surface area contributed by atoms with E-state index in [0.717, 1.165) is 63.4 Å². The van der Waals surface area contributed by atoms with E-state index in [-0.39, 0.29) is 5.92 Å². The Morgan fingerprint density at radius 3 is 2.83 bits per heavy atom. The van der Waals surface area contributed by atoms with E-state index in [1.54, 1.807) is 0 Å². The van der Waals surface area contributed by atoms with Gasteiger partial charge >= 0.3 is 0 Å². The van der Waals surface area contributed by atoms with Crippen LogP contribution in [0.4, 0.5) is 0 Å². The number of piperazine rings is 1. The molecule has 3 aliphatic rings. The molecule has 1 amide bonds. The summed E-state index contributed by atoms with van der Waals surface area (Å²) < 4.78 is 5.70. The van der Waals surface area contributed by atoms with Gasteiger partial charge in [0, 0.05) is 50.9 Å². The van der Waals surface area contributed by atoms with Crippen molar-refractivity contribution in [2.75, 3.05) is 45.9 Å². The predicted molar refractivity (Wildman–Crippen MR) is 88.7 cm³/mol. The summed E-state index contributed by atoms with van der Waals surface area (Å²) in [5.41, 5.74) is 1.06. The molecule has 0 saturated carbocycles. The second kappa shape index (κ2) is 6.49. The van der Waals surface area contributed by atoms with Crippen molar-refractivity contribution in [2.45, 2.75) is 24.8 Å². The maximum absolute atomic E-state index is 13.0. The molecular weight excluding hydrogens is 290 g/mol. The molecule has 3 heterocycles. The summed E-state index contributed by atoms with van der Waals surface area (Å²) in [6.45, 7) is 6.77. The third kappa shape index (κ3) is 2.95. The molecule has 5 heteroatoms. The zero-order chi connectivity index (χ0) is 15.6. The number of ether oxygens (including phenoxy) is 1. The summed E-state index contributed by atoms with van der Waals surface area (Å²) in [7, 11) is 0. The molecule has 0 aliphatic carbocycles. The van der Waals surface area contributed by atoms with Crippen molar-refractivity contribution in [1.82, 2.24) is 15.1 Å². The number of carbonyl (C=O) groups is 1. The average Bonchev–Trinajstić information content (AvgIpc) is 3.11. The first kappa shape index (κ1) is 15.0. The van der Waals surface area contributed by atoms with E-state index in [1.165, 1.54) is 0 Å². The molecule has 2 atom stereocenters. The SMILES string of the molecule is O=C(C1CCOc2ccccc21)N1CCC(N2CCNCC2)C1. The molecular formula is C18H25N3O2. The number of amides is 1. The smallest absolute Gasteiger partial charge is 0.230 e. The molecule has 2 unspecified atom stereocenters. The standard InChI is InChI=1S/C18H25N3O2/c22-18(16-6-12-23-17-4-2-1-3-15(16)17)21-9-5-14(13-21)20-10-7-19-8-11-20/h1-4,14,16,19H,5-13H2. The Hall–Kier alpha value is -1.59. The molecule has 1 aromatic carbocycles. The molecule has 0 bridgehead atoms. The van der Waals surface area contributed by atoms with Crippen LogP contribution in [0, 0.1) is 0 Å². The fraction of sp³-hybridized carbons (Fsp3) is 0.611. The van der Waals surface area contributed by atoms with Crippen LogP contribution in [-0.4, -0.2) is 67.6 Å². The first-order chi connectivity index (χ1) is 11.3. The van der Waals surface area contributed by atoms with Crippen LogP contribution in [0.25, 0.3) is 0 Å². The molecule has 1 aromatic rings. The van der Waals surface area contributed by atoms with Crippen LogP contribution >= 0.6 is 0 Å². The number of carbonyl (C=O) groups excluding carboxylic acids is 1. The summed E-state index contributed by atoms with van der Waals surface area (Å²) in [6, 6.07) is 8.53. The highest BCUT2D eigenvalue weighted by Gasteiger charge is 2.36. The lowest BCUT2D eigenvalue weighted by Gasteiger charge is -2.33. The van der Waals surface area contributed by atoms with Gasteiger partial charge in [-0.1, -0.05) is 18.2 Å². The molecule has 1 N–H and O–H groups in total. The summed E-state index contributed by atoms with van der Waals surface area (Å²) in [4.78, 5) is 17.7. The van der Waals surface area contributed by atoms with Crippen LogP contribution in [0.2, 0.25) is 0 Å². The van der Waals surface area contributed by atoms with E-state index < -0.39 is 0 Å². The number of para-hydroxylation sites is 1. The molecule has 2 saturated heterocycles. The normalized spacial score (nSPS) is 28.3. The summed E-state index contributed by atoms with van der Waals surface area (Å²) in [5, 5.41) is 3.40. The third-order valence-electron chi connectivity index (χ3n) is 5.40. The monoisotopic (exact) mass is 315 g/mol. The number of fused-ring (bicyclic) bond motifs is 1. The minimum Gasteiger partial charge on any atom is -0.493 e. The Labute approximate surface area is 137 Å². The van der Waals surface area contributed by atoms with Crippen LogP contribution in [-0.2, 0) is 4.79 Å². The van der Waals surface area contributed by atoms with Gasteiger partial charge in [0.1, 0.15) is 5.75 Å². The molecule has 0 aromatic heterocycles. The van der Waals surface area contributed by atoms with Gasteiger partial charge in [-0.25, -0.2) is 0 Å². The Balaban J connectivity index is 1.44. The van der Waals surface area contributed by atoms with E-state index in [4.69, 9.17) is 4.74 Å². The van der Waals surface area contributed by atoms with E-state index >= 15 is 0 Å². The first-order valence-corrected chi connectivity index (χ1v) is 8.78. The Bertz CT molecular complexity index is 571. The van der Waals surface area contributed by atoms with Gasteiger partial charge in [-0.3, -0.25) is 9.69 Å². The summed E-state index contributed by atoms with van der Waals surface area (Å²) in [5.74, 6) is 1.15. The maximum atomic E-state index is 13.0. The van der Waals surface area contributed by atoms with Gasteiger partial charge in [0.15, 0.2) is 0 Å². The molecule has 3 aliphatic heterocycles. The fourth-order valence-electron chi connectivity index (χ4n) is 4.11. The van der Waals surface area contributed by atoms with Crippen molar-refractivity contribution in [3.05, 3.63) is 29.8 Å². The van der Waals surface area contributed by atoms with Crippen molar-refractivity contribution in [2.24, 2.45) is 0 Å². The second-order valence-electron chi connectivity index (χ2n) is 6.74. The van der Waals surface area contributed by atoms with Gasteiger partial charge in [-0.2, -0.15) is 0 Å². The largest absolute Gasteiger partial charge is 0.493 e. The number of hydrogen-bond donors (Lipinski definition) is 1. The van der Waals surface area contributed by atoms with Gasteiger partial charge in [-0.05, 0) is 18.9 Å². The molecule has 0 spiro atoms. The zero-order valence-electron chi connectivity index (χ0n) is 13.5. The quantitative estimate of drug-likeness (QED) is 0.886. The van der Waals surface area contributed by atoms with E-state index in [2.05, 4.69) is 15.1 Å². The maximum Gasteiger partial charge on any atom is 0.230 e. The Kier molecular flexibility index (Phi) is 4.23. The van der Waals surface area contributed by atoms with Gasteiger partial charge in [0.05, 0.1) is 12.5 Å². The predicted octanol–water partition coefficient (Wildman–Crippen LogP) is 1.06. The van der Waals surface area contributed by atoms with Crippen molar-refractivity contribution in [1.29, 1.82) is 0 Å². The number of likely N-dealkylation sites (tertiary alicyclic amines) is 1. The molecule has 124 valence electrons. The Morgan fingerprint density at radius 2 is 1.96 bits per heavy atom. The lowest BCUT2D eigenvalue weighted by Crippen LogP contribution is -2.49. The highest BCUT2D eigenvalue weighted by molar-refractivity contribution is 5.85. The minimum atomic E-state index is -0.0262. The molecule has 5 nitrogen and oxygen atoms in total. The van der Waals surface area contributed by atoms with E-state index in [9.17, 15) is 4.79 Å². The van der Waals surface area contributed by atoms with Crippen LogP contribution in [0.1, 0.15) is 24.3 Å². The Morgan fingerprint density at radius 1 is 1.13 bits per heavy atom. The average molecular weight is 315 g/mol. The number of nitrogens with one attached hydrogen (secondary N) is 1. The second-order valence-corrected chi connectivity index (χ2v) is 6.74. The van der Waals surface area contributed by atoms with Crippen molar-refractivity contribution in [3.63, 3.8) is 0 Å². The van der Waals surface area contributed by atoms with Crippen molar-refractivity contribution < 1.29 is 9.53 Å². The topological polar surface area (TPSA) is 44.8 Å².